The van der Waals surface area contributed by atoms with E-state index in [1.54, 1.807) is 0 Å². The smallest absolute Gasteiger partial charge is 0.410 e. The zero-order valence-corrected chi connectivity index (χ0v) is 18.4. The van der Waals surface area contributed by atoms with Gasteiger partial charge in [-0.1, -0.05) is 6.92 Å². The Balaban J connectivity index is 1.31. The van der Waals surface area contributed by atoms with Gasteiger partial charge in [-0.2, -0.15) is 4.98 Å². The number of ether oxygens (including phenoxy) is 1. The third kappa shape index (κ3) is 4.59. The molecule has 3 fully saturated rings. The zero-order chi connectivity index (χ0) is 20.6. The lowest BCUT2D eigenvalue weighted by atomic mass is 9.72. The lowest BCUT2D eigenvalue weighted by molar-refractivity contribution is 0.00589. The Morgan fingerprint density at radius 2 is 1.90 bits per heavy atom. The van der Waals surface area contributed by atoms with Gasteiger partial charge in [0.1, 0.15) is 11.4 Å². The van der Waals surface area contributed by atoms with Gasteiger partial charge in [-0.15, -0.1) is 0 Å². The SMILES string of the molecule is CC1CCCN(c2nccc(N3CC4(CCN(C(=O)OC(C)(C)C)CC4)C3)n2)C1. The Hall–Kier alpha value is -2.05. The van der Waals surface area contributed by atoms with Crippen molar-refractivity contribution in [2.45, 2.75) is 59.0 Å². The van der Waals surface area contributed by atoms with E-state index in [0.29, 0.717) is 11.3 Å². The minimum atomic E-state index is -0.434. The fraction of sp³-hybridized carbons (Fsp3) is 0.773. The molecule has 0 aromatic carbocycles. The second-order valence-corrected chi connectivity index (χ2v) is 10.2. The van der Waals surface area contributed by atoms with E-state index >= 15 is 0 Å². The summed E-state index contributed by atoms with van der Waals surface area (Å²) in [5, 5.41) is 0. The van der Waals surface area contributed by atoms with Gasteiger partial charge in [-0.05, 0) is 58.4 Å². The minimum Gasteiger partial charge on any atom is -0.444 e. The van der Waals surface area contributed by atoms with Crippen LogP contribution < -0.4 is 9.80 Å². The normalized spacial score (nSPS) is 24.4. The van der Waals surface area contributed by atoms with Crippen molar-refractivity contribution in [2.75, 3.05) is 49.1 Å². The van der Waals surface area contributed by atoms with Gasteiger partial charge in [-0.3, -0.25) is 0 Å². The third-order valence-corrected chi connectivity index (χ3v) is 6.42. The van der Waals surface area contributed by atoms with Crippen molar-refractivity contribution in [3.8, 4) is 0 Å². The molecule has 1 amide bonds. The average Bonchev–Trinajstić information content (AvgIpc) is 2.65. The molecule has 7 nitrogen and oxygen atoms in total. The highest BCUT2D eigenvalue weighted by Crippen LogP contribution is 2.42. The predicted octanol–water partition coefficient (Wildman–Crippen LogP) is 3.55. The molecular formula is C22H35N5O2. The van der Waals surface area contributed by atoms with Crippen molar-refractivity contribution in [3.05, 3.63) is 12.3 Å². The number of rotatable bonds is 2. The van der Waals surface area contributed by atoms with Crippen LogP contribution in [0.25, 0.3) is 0 Å². The first-order valence-electron chi connectivity index (χ1n) is 11.0. The summed E-state index contributed by atoms with van der Waals surface area (Å²) in [4.78, 5) is 28.3. The quantitative estimate of drug-likeness (QED) is 0.755. The lowest BCUT2D eigenvalue weighted by Gasteiger charge is -2.54. The van der Waals surface area contributed by atoms with Crippen LogP contribution in [0.1, 0.15) is 53.4 Å². The fourth-order valence-corrected chi connectivity index (χ4v) is 4.77. The Morgan fingerprint density at radius 3 is 2.55 bits per heavy atom. The predicted molar refractivity (Wildman–Crippen MR) is 114 cm³/mol. The van der Waals surface area contributed by atoms with Crippen molar-refractivity contribution in [1.82, 2.24) is 14.9 Å². The number of aromatic nitrogens is 2. The first-order valence-corrected chi connectivity index (χ1v) is 11.0. The molecule has 3 saturated heterocycles. The number of amides is 1. The van der Waals surface area contributed by atoms with Crippen LogP contribution in [-0.4, -0.2) is 65.8 Å². The van der Waals surface area contributed by atoms with Gasteiger partial charge in [0.05, 0.1) is 0 Å². The molecule has 0 bridgehead atoms. The average molecular weight is 402 g/mol. The molecule has 0 radical (unpaired) electrons. The molecular weight excluding hydrogens is 366 g/mol. The van der Waals surface area contributed by atoms with Crippen LogP contribution in [0.4, 0.5) is 16.6 Å². The summed E-state index contributed by atoms with van der Waals surface area (Å²) in [6.07, 6.45) is 6.29. The molecule has 1 aromatic heterocycles. The summed E-state index contributed by atoms with van der Waals surface area (Å²) in [5.74, 6) is 2.61. The number of likely N-dealkylation sites (tertiary alicyclic amines) is 1. The summed E-state index contributed by atoms with van der Waals surface area (Å²) >= 11 is 0. The number of hydrogen-bond donors (Lipinski definition) is 0. The Morgan fingerprint density at radius 1 is 1.17 bits per heavy atom. The maximum absolute atomic E-state index is 12.3. The molecule has 3 aliphatic heterocycles. The number of carbonyl (C=O) groups excluding carboxylic acids is 1. The van der Waals surface area contributed by atoms with Gasteiger partial charge >= 0.3 is 6.09 Å². The molecule has 1 atom stereocenters. The maximum atomic E-state index is 12.3. The molecule has 160 valence electrons. The van der Waals surface area contributed by atoms with E-state index in [4.69, 9.17) is 9.72 Å². The summed E-state index contributed by atoms with van der Waals surface area (Å²) in [5.41, 5.74) is -0.125. The topological polar surface area (TPSA) is 61.8 Å². The Kier molecular flexibility index (Phi) is 5.34. The third-order valence-electron chi connectivity index (χ3n) is 6.42. The van der Waals surface area contributed by atoms with Crippen molar-refractivity contribution < 1.29 is 9.53 Å². The number of piperidine rings is 2. The molecule has 1 unspecified atom stereocenters. The lowest BCUT2D eigenvalue weighted by Crippen LogP contribution is -2.61. The number of anilines is 2. The Bertz CT molecular complexity index is 731. The van der Waals surface area contributed by atoms with Gasteiger partial charge in [0, 0.05) is 50.9 Å². The van der Waals surface area contributed by atoms with Crippen LogP contribution in [0.5, 0.6) is 0 Å². The van der Waals surface area contributed by atoms with Crippen LogP contribution in [0.2, 0.25) is 0 Å². The van der Waals surface area contributed by atoms with E-state index < -0.39 is 5.60 Å². The van der Waals surface area contributed by atoms with E-state index in [0.717, 1.165) is 63.9 Å². The molecule has 0 saturated carbocycles. The second-order valence-electron chi connectivity index (χ2n) is 10.2. The molecule has 4 rings (SSSR count). The summed E-state index contributed by atoms with van der Waals surface area (Å²) in [6, 6.07) is 2.03. The summed E-state index contributed by atoms with van der Waals surface area (Å²) in [7, 11) is 0. The molecule has 29 heavy (non-hydrogen) atoms. The van der Waals surface area contributed by atoms with Gasteiger partial charge in [0.2, 0.25) is 5.95 Å². The highest BCUT2D eigenvalue weighted by atomic mass is 16.6. The fourth-order valence-electron chi connectivity index (χ4n) is 4.77. The van der Waals surface area contributed by atoms with Gasteiger partial charge in [-0.25, -0.2) is 9.78 Å². The van der Waals surface area contributed by atoms with Crippen LogP contribution in [-0.2, 0) is 4.74 Å². The van der Waals surface area contributed by atoms with Crippen LogP contribution in [0, 0.1) is 11.3 Å². The molecule has 0 N–H and O–H groups in total. The Labute approximate surface area is 174 Å². The number of carbonyl (C=O) groups is 1. The van der Waals surface area contributed by atoms with Gasteiger partial charge in [0.25, 0.3) is 0 Å². The molecule has 1 spiro atoms. The first kappa shape index (κ1) is 20.2. The standard InChI is InChI=1S/C22H35N5O2/c1-17-6-5-11-26(14-17)19-23-10-7-18(24-19)27-15-22(16-27)8-12-25(13-9-22)20(28)29-21(2,3)4/h7,10,17H,5-6,8-9,11-16H2,1-4H3. The van der Waals surface area contributed by atoms with E-state index in [1.807, 2.05) is 37.9 Å². The highest BCUT2D eigenvalue weighted by Gasteiger charge is 2.46. The summed E-state index contributed by atoms with van der Waals surface area (Å²) in [6.45, 7) is 13.8. The largest absolute Gasteiger partial charge is 0.444 e. The van der Waals surface area contributed by atoms with E-state index in [9.17, 15) is 4.79 Å². The molecule has 7 heteroatoms. The number of hydrogen-bond acceptors (Lipinski definition) is 6. The van der Waals surface area contributed by atoms with Crippen LogP contribution >= 0.6 is 0 Å². The van der Waals surface area contributed by atoms with E-state index in [1.165, 1.54) is 12.8 Å². The monoisotopic (exact) mass is 401 g/mol. The van der Waals surface area contributed by atoms with Gasteiger partial charge < -0.3 is 19.4 Å². The van der Waals surface area contributed by atoms with E-state index in [-0.39, 0.29) is 6.09 Å². The van der Waals surface area contributed by atoms with Gasteiger partial charge in [0.15, 0.2) is 0 Å². The number of nitrogens with zero attached hydrogens (tertiary/aromatic N) is 5. The van der Waals surface area contributed by atoms with Crippen LogP contribution in [0.3, 0.4) is 0 Å². The van der Waals surface area contributed by atoms with E-state index in [2.05, 4.69) is 21.7 Å². The minimum absolute atomic E-state index is 0.181. The van der Waals surface area contributed by atoms with Crippen molar-refractivity contribution in [2.24, 2.45) is 11.3 Å². The molecule has 3 aliphatic rings. The van der Waals surface area contributed by atoms with Crippen molar-refractivity contribution in [3.63, 3.8) is 0 Å². The van der Waals surface area contributed by atoms with Crippen molar-refractivity contribution >= 4 is 17.9 Å². The zero-order valence-electron chi connectivity index (χ0n) is 18.4. The second kappa shape index (κ2) is 7.65. The summed E-state index contributed by atoms with van der Waals surface area (Å²) < 4.78 is 5.52. The highest BCUT2D eigenvalue weighted by molar-refractivity contribution is 5.68. The molecule has 1 aromatic rings. The van der Waals surface area contributed by atoms with Crippen molar-refractivity contribution in [1.29, 1.82) is 0 Å². The molecule has 4 heterocycles. The maximum Gasteiger partial charge on any atom is 0.410 e. The first-order chi connectivity index (χ1) is 13.7. The molecule has 0 aliphatic carbocycles. The van der Waals surface area contributed by atoms with Crippen LogP contribution in [0.15, 0.2) is 12.3 Å².